The highest BCUT2D eigenvalue weighted by Crippen LogP contribution is 2.10. The van der Waals surface area contributed by atoms with Crippen LogP contribution in [0.4, 0.5) is 0 Å². The number of likely N-dealkylation sites (tertiary alicyclic amines) is 1. The standard InChI is InChI=1S/C22H25ClN2O/c1-17-4-2-3-5-19(17)8-11-22(26)24-21-12-14-25(15-13-21)16-18-6-9-20(23)10-7-18/h2-11,21H,12-16H2,1H3,(H,24,26)/p+1/b11-8+. The summed E-state index contributed by atoms with van der Waals surface area (Å²) >= 11 is 5.94. The normalized spacial score (nSPS) is 20.2. The van der Waals surface area contributed by atoms with E-state index in [1.54, 1.807) is 11.0 Å². The lowest BCUT2D eigenvalue weighted by molar-refractivity contribution is -0.918. The Labute approximate surface area is 160 Å². The Morgan fingerprint density at radius 1 is 1.15 bits per heavy atom. The van der Waals surface area contributed by atoms with Crippen molar-refractivity contribution < 1.29 is 9.69 Å². The molecule has 2 N–H and O–H groups in total. The van der Waals surface area contributed by atoms with Gasteiger partial charge in [-0.1, -0.05) is 48.0 Å². The van der Waals surface area contributed by atoms with Gasteiger partial charge < -0.3 is 10.2 Å². The molecule has 4 heteroatoms. The fourth-order valence-electron chi connectivity index (χ4n) is 3.43. The van der Waals surface area contributed by atoms with E-state index in [9.17, 15) is 4.79 Å². The maximum Gasteiger partial charge on any atom is 0.244 e. The van der Waals surface area contributed by atoms with Gasteiger partial charge in [0, 0.05) is 35.5 Å². The Morgan fingerprint density at radius 2 is 1.85 bits per heavy atom. The van der Waals surface area contributed by atoms with E-state index in [4.69, 9.17) is 11.6 Å². The monoisotopic (exact) mass is 369 g/mol. The largest absolute Gasteiger partial charge is 0.349 e. The molecule has 0 aliphatic carbocycles. The molecule has 0 aromatic heterocycles. The number of hydrogen-bond acceptors (Lipinski definition) is 1. The Morgan fingerprint density at radius 3 is 2.54 bits per heavy atom. The summed E-state index contributed by atoms with van der Waals surface area (Å²) in [6.07, 6.45) is 5.58. The van der Waals surface area contributed by atoms with Gasteiger partial charge in [-0.05, 0) is 36.3 Å². The molecule has 0 radical (unpaired) electrons. The van der Waals surface area contributed by atoms with Crippen molar-refractivity contribution in [3.63, 3.8) is 0 Å². The molecule has 0 atom stereocenters. The molecule has 26 heavy (non-hydrogen) atoms. The number of quaternary nitrogens is 1. The molecule has 2 aromatic carbocycles. The Hall–Kier alpha value is -2.10. The summed E-state index contributed by atoms with van der Waals surface area (Å²) in [7, 11) is 0. The average Bonchev–Trinajstić information content (AvgIpc) is 2.64. The highest BCUT2D eigenvalue weighted by Gasteiger charge is 2.22. The maximum absolute atomic E-state index is 12.2. The third kappa shape index (κ3) is 5.45. The second kappa shape index (κ2) is 9.02. The number of piperidine rings is 1. The molecule has 0 unspecified atom stereocenters. The van der Waals surface area contributed by atoms with Crippen LogP contribution in [-0.4, -0.2) is 25.0 Å². The van der Waals surface area contributed by atoms with Gasteiger partial charge in [-0.15, -0.1) is 0 Å². The van der Waals surface area contributed by atoms with Crippen molar-refractivity contribution in [2.24, 2.45) is 0 Å². The van der Waals surface area contributed by atoms with Crippen molar-refractivity contribution in [2.75, 3.05) is 13.1 Å². The molecular formula is C22H26ClN2O+. The summed E-state index contributed by atoms with van der Waals surface area (Å²) in [5.41, 5.74) is 3.58. The highest BCUT2D eigenvalue weighted by molar-refractivity contribution is 6.30. The summed E-state index contributed by atoms with van der Waals surface area (Å²) in [5.74, 6) is -0.000552. The van der Waals surface area contributed by atoms with Crippen molar-refractivity contribution in [1.29, 1.82) is 0 Å². The molecule has 0 saturated carbocycles. The third-order valence-electron chi connectivity index (χ3n) is 5.01. The minimum atomic E-state index is -0.000552. The van der Waals surface area contributed by atoms with E-state index in [0.29, 0.717) is 0 Å². The van der Waals surface area contributed by atoms with E-state index < -0.39 is 0 Å². The van der Waals surface area contributed by atoms with Crippen LogP contribution in [0.2, 0.25) is 5.02 Å². The summed E-state index contributed by atoms with van der Waals surface area (Å²) in [6.45, 7) is 5.23. The van der Waals surface area contributed by atoms with E-state index in [2.05, 4.69) is 30.4 Å². The van der Waals surface area contributed by atoms with Crippen molar-refractivity contribution in [1.82, 2.24) is 5.32 Å². The van der Waals surface area contributed by atoms with Crippen LogP contribution in [-0.2, 0) is 11.3 Å². The number of rotatable bonds is 5. The first-order valence-electron chi connectivity index (χ1n) is 9.22. The minimum Gasteiger partial charge on any atom is -0.349 e. The number of halogens is 1. The van der Waals surface area contributed by atoms with Gasteiger partial charge in [-0.3, -0.25) is 4.79 Å². The van der Waals surface area contributed by atoms with Crippen LogP contribution in [0, 0.1) is 6.92 Å². The maximum atomic E-state index is 12.2. The lowest BCUT2D eigenvalue weighted by Gasteiger charge is -2.29. The average molecular weight is 370 g/mol. The number of amides is 1. The second-order valence-electron chi connectivity index (χ2n) is 7.03. The minimum absolute atomic E-state index is 0.000552. The van der Waals surface area contributed by atoms with Crippen LogP contribution in [0.3, 0.4) is 0 Å². The van der Waals surface area contributed by atoms with Gasteiger partial charge in [-0.25, -0.2) is 0 Å². The van der Waals surface area contributed by atoms with Gasteiger partial charge in [0.15, 0.2) is 0 Å². The van der Waals surface area contributed by atoms with Gasteiger partial charge in [0.1, 0.15) is 6.54 Å². The number of benzene rings is 2. The molecule has 0 bridgehead atoms. The number of hydrogen-bond donors (Lipinski definition) is 2. The molecule has 1 aliphatic rings. The van der Waals surface area contributed by atoms with E-state index in [1.807, 2.05) is 36.4 Å². The number of carbonyl (C=O) groups is 1. The van der Waals surface area contributed by atoms with E-state index in [0.717, 1.165) is 43.1 Å². The first-order chi connectivity index (χ1) is 12.6. The van der Waals surface area contributed by atoms with Crippen molar-refractivity contribution >= 4 is 23.6 Å². The van der Waals surface area contributed by atoms with Gasteiger partial charge in [0.2, 0.25) is 5.91 Å². The molecule has 1 saturated heterocycles. The molecule has 1 heterocycles. The number of aryl methyl sites for hydroxylation is 1. The van der Waals surface area contributed by atoms with E-state index in [1.165, 1.54) is 11.1 Å². The molecule has 3 rings (SSSR count). The Bertz CT molecular complexity index is 762. The summed E-state index contributed by atoms with van der Waals surface area (Å²) < 4.78 is 0. The zero-order valence-electron chi connectivity index (χ0n) is 15.2. The van der Waals surface area contributed by atoms with E-state index >= 15 is 0 Å². The summed E-state index contributed by atoms with van der Waals surface area (Å²) in [6, 6.07) is 16.4. The number of carbonyl (C=O) groups excluding carboxylic acids is 1. The molecule has 1 amide bonds. The SMILES string of the molecule is Cc1ccccc1/C=C/C(=O)NC1CC[NH+](Cc2ccc(Cl)cc2)CC1. The predicted molar refractivity (Wildman–Crippen MR) is 107 cm³/mol. The van der Waals surface area contributed by atoms with Gasteiger partial charge in [0.05, 0.1) is 13.1 Å². The Balaban J connectivity index is 1.44. The molecule has 3 nitrogen and oxygen atoms in total. The highest BCUT2D eigenvalue weighted by atomic mass is 35.5. The van der Waals surface area contributed by atoms with Crippen LogP contribution in [0.25, 0.3) is 6.08 Å². The van der Waals surface area contributed by atoms with E-state index in [-0.39, 0.29) is 11.9 Å². The van der Waals surface area contributed by atoms with Crippen LogP contribution in [0.1, 0.15) is 29.5 Å². The Kier molecular flexibility index (Phi) is 6.48. The molecule has 1 fully saturated rings. The second-order valence-corrected chi connectivity index (χ2v) is 7.46. The van der Waals surface area contributed by atoms with Gasteiger partial charge >= 0.3 is 0 Å². The molecule has 136 valence electrons. The molecular weight excluding hydrogens is 344 g/mol. The van der Waals surface area contributed by atoms with Crippen LogP contribution in [0.5, 0.6) is 0 Å². The van der Waals surface area contributed by atoms with Crippen LogP contribution in [0.15, 0.2) is 54.6 Å². The first-order valence-corrected chi connectivity index (χ1v) is 9.60. The number of nitrogens with one attached hydrogen (secondary N) is 2. The molecule has 2 aromatic rings. The smallest absolute Gasteiger partial charge is 0.244 e. The molecule has 1 aliphatic heterocycles. The fourth-order valence-corrected chi connectivity index (χ4v) is 3.55. The summed E-state index contributed by atoms with van der Waals surface area (Å²) in [4.78, 5) is 13.7. The van der Waals surface area contributed by atoms with Crippen LogP contribution >= 0.6 is 11.6 Å². The molecule has 0 spiro atoms. The van der Waals surface area contributed by atoms with Crippen molar-refractivity contribution in [2.45, 2.75) is 32.4 Å². The first kappa shape index (κ1) is 18.7. The lowest BCUT2D eigenvalue weighted by atomic mass is 10.0. The van der Waals surface area contributed by atoms with Gasteiger partial charge in [-0.2, -0.15) is 0 Å². The summed E-state index contributed by atoms with van der Waals surface area (Å²) in [5, 5.41) is 3.93. The van der Waals surface area contributed by atoms with Gasteiger partial charge in [0.25, 0.3) is 0 Å². The zero-order valence-corrected chi connectivity index (χ0v) is 15.9. The predicted octanol–water partition coefficient (Wildman–Crippen LogP) is 3.03. The zero-order chi connectivity index (χ0) is 18.4. The lowest BCUT2D eigenvalue weighted by Crippen LogP contribution is -3.12. The van der Waals surface area contributed by atoms with Crippen molar-refractivity contribution in [3.8, 4) is 0 Å². The topological polar surface area (TPSA) is 33.5 Å². The van der Waals surface area contributed by atoms with Crippen molar-refractivity contribution in [3.05, 3.63) is 76.3 Å². The quantitative estimate of drug-likeness (QED) is 0.780. The third-order valence-corrected chi connectivity index (χ3v) is 5.26. The van der Waals surface area contributed by atoms with Crippen LogP contribution < -0.4 is 10.2 Å². The fraction of sp³-hybridized carbons (Fsp3) is 0.318.